The zero-order chi connectivity index (χ0) is 14.0. The molecule has 1 N–H and O–H groups in total. The summed E-state index contributed by atoms with van der Waals surface area (Å²) >= 11 is 0. The molecule has 0 fully saturated rings. The molecule has 5 heteroatoms. The molecule has 0 heterocycles. The summed E-state index contributed by atoms with van der Waals surface area (Å²) < 4.78 is 26.2. The van der Waals surface area contributed by atoms with E-state index in [0.717, 1.165) is 10.8 Å². The molecule has 0 unspecified atom stereocenters. The highest BCUT2D eigenvalue weighted by Crippen LogP contribution is 2.18. The van der Waals surface area contributed by atoms with Crippen LogP contribution in [0.5, 0.6) is 0 Å². The van der Waals surface area contributed by atoms with Gasteiger partial charge in [-0.05, 0) is 22.9 Å². The van der Waals surface area contributed by atoms with E-state index in [1.807, 2.05) is 24.3 Å². The molecule has 1 amide bonds. The third-order valence-electron chi connectivity index (χ3n) is 2.79. The fraction of sp³-hybridized carbons (Fsp3) is 0.214. The fourth-order valence-corrected chi connectivity index (χ4v) is 2.79. The van der Waals surface area contributed by atoms with Crippen molar-refractivity contribution in [2.75, 3.05) is 0 Å². The number of nitrogens with one attached hydrogen (secondary N) is 1. The van der Waals surface area contributed by atoms with Crippen LogP contribution in [0.2, 0.25) is 0 Å². The van der Waals surface area contributed by atoms with Crippen molar-refractivity contribution in [2.24, 2.45) is 5.92 Å². The quantitative estimate of drug-likeness (QED) is 0.936. The Bertz CT molecular complexity index is 720. The van der Waals surface area contributed by atoms with E-state index in [1.165, 1.54) is 6.07 Å². The first-order chi connectivity index (χ1) is 8.90. The molecule has 0 bridgehead atoms. The van der Waals surface area contributed by atoms with E-state index in [1.54, 1.807) is 26.0 Å². The minimum atomic E-state index is -3.80. The van der Waals surface area contributed by atoms with Gasteiger partial charge < -0.3 is 0 Å². The minimum absolute atomic E-state index is 0.0974. The molecule has 100 valence electrons. The van der Waals surface area contributed by atoms with Gasteiger partial charge in [-0.2, -0.15) is 0 Å². The highest BCUT2D eigenvalue weighted by molar-refractivity contribution is 7.90. The molecule has 0 atom stereocenters. The van der Waals surface area contributed by atoms with Crippen LogP contribution < -0.4 is 4.72 Å². The molecule has 0 radical (unpaired) electrons. The molecule has 4 nitrogen and oxygen atoms in total. The Labute approximate surface area is 112 Å². The Morgan fingerprint density at radius 1 is 1.05 bits per heavy atom. The van der Waals surface area contributed by atoms with E-state index in [9.17, 15) is 13.2 Å². The molecule has 0 aliphatic rings. The molecule has 0 spiro atoms. The standard InChI is InChI=1S/C14H15NO3S/c1-10(2)14(16)15-19(17,18)13-8-7-11-5-3-4-6-12(11)9-13/h3-10H,1-2H3,(H,15,16). The Hall–Kier alpha value is -1.88. The maximum absolute atomic E-state index is 12.1. The number of sulfonamides is 1. The SMILES string of the molecule is CC(C)C(=O)NS(=O)(=O)c1ccc2ccccc2c1. The van der Waals surface area contributed by atoms with Gasteiger partial charge in [-0.25, -0.2) is 13.1 Å². The van der Waals surface area contributed by atoms with Gasteiger partial charge in [-0.15, -0.1) is 0 Å². The summed E-state index contributed by atoms with van der Waals surface area (Å²) in [6, 6.07) is 12.2. The normalized spacial score (nSPS) is 11.7. The van der Waals surface area contributed by atoms with Crippen molar-refractivity contribution in [1.29, 1.82) is 0 Å². The van der Waals surface area contributed by atoms with Gasteiger partial charge in [-0.1, -0.05) is 44.2 Å². The molecule has 0 aromatic heterocycles. The first-order valence-electron chi connectivity index (χ1n) is 5.95. The monoisotopic (exact) mass is 277 g/mol. The summed E-state index contributed by atoms with van der Waals surface area (Å²) in [6.45, 7) is 3.29. The summed E-state index contributed by atoms with van der Waals surface area (Å²) in [6.07, 6.45) is 0. The first-order valence-corrected chi connectivity index (χ1v) is 7.44. The number of carbonyl (C=O) groups is 1. The molecular weight excluding hydrogens is 262 g/mol. The summed E-state index contributed by atoms with van der Waals surface area (Å²) in [7, 11) is -3.80. The highest BCUT2D eigenvalue weighted by Gasteiger charge is 2.19. The minimum Gasteiger partial charge on any atom is -0.274 e. The van der Waals surface area contributed by atoms with Crippen LogP contribution >= 0.6 is 0 Å². The smallest absolute Gasteiger partial charge is 0.264 e. The number of rotatable bonds is 3. The zero-order valence-corrected chi connectivity index (χ0v) is 11.6. The van der Waals surface area contributed by atoms with Crippen LogP contribution in [0.15, 0.2) is 47.4 Å². The number of hydrogen-bond acceptors (Lipinski definition) is 3. The van der Waals surface area contributed by atoms with Crippen LogP contribution in [0, 0.1) is 5.92 Å². The van der Waals surface area contributed by atoms with Gasteiger partial charge in [0.05, 0.1) is 4.90 Å². The lowest BCUT2D eigenvalue weighted by Crippen LogP contribution is -2.33. The van der Waals surface area contributed by atoms with E-state index in [4.69, 9.17) is 0 Å². The molecule has 0 saturated heterocycles. The molecular formula is C14H15NO3S. The predicted molar refractivity (Wildman–Crippen MR) is 74.1 cm³/mol. The number of hydrogen-bond donors (Lipinski definition) is 1. The Kier molecular flexibility index (Phi) is 3.57. The largest absolute Gasteiger partial charge is 0.274 e. The second kappa shape index (κ2) is 5.01. The van der Waals surface area contributed by atoms with Gasteiger partial charge in [0.1, 0.15) is 0 Å². The van der Waals surface area contributed by atoms with E-state index in [2.05, 4.69) is 4.72 Å². The molecule has 0 aliphatic heterocycles. The van der Waals surface area contributed by atoms with Crippen molar-refractivity contribution in [1.82, 2.24) is 4.72 Å². The van der Waals surface area contributed by atoms with Crippen LogP contribution in [-0.2, 0) is 14.8 Å². The highest BCUT2D eigenvalue weighted by atomic mass is 32.2. The summed E-state index contributed by atoms with van der Waals surface area (Å²) in [4.78, 5) is 11.6. The van der Waals surface area contributed by atoms with E-state index < -0.39 is 15.9 Å². The van der Waals surface area contributed by atoms with Gasteiger partial charge >= 0.3 is 0 Å². The lowest BCUT2D eigenvalue weighted by atomic mass is 10.1. The molecule has 19 heavy (non-hydrogen) atoms. The van der Waals surface area contributed by atoms with E-state index in [-0.39, 0.29) is 10.8 Å². The van der Waals surface area contributed by atoms with E-state index in [0.29, 0.717) is 0 Å². The number of benzene rings is 2. The zero-order valence-electron chi connectivity index (χ0n) is 10.8. The second-order valence-corrected chi connectivity index (χ2v) is 6.32. The number of carbonyl (C=O) groups excluding carboxylic acids is 1. The Morgan fingerprint density at radius 2 is 1.68 bits per heavy atom. The Morgan fingerprint density at radius 3 is 2.32 bits per heavy atom. The summed E-state index contributed by atoms with van der Waals surface area (Å²) in [5, 5.41) is 1.78. The third-order valence-corrected chi connectivity index (χ3v) is 4.14. The third kappa shape index (κ3) is 2.93. The van der Waals surface area contributed by atoms with Crippen molar-refractivity contribution < 1.29 is 13.2 Å². The second-order valence-electron chi connectivity index (χ2n) is 4.63. The average molecular weight is 277 g/mol. The summed E-state index contributed by atoms with van der Waals surface area (Å²) in [5.74, 6) is -0.886. The van der Waals surface area contributed by atoms with Crippen LogP contribution in [0.1, 0.15) is 13.8 Å². The van der Waals surface area contributed by atoms with Gasteiger partial charge in [0.15, 0.2) is 0 Å². The lowest BCUT2D eigenvalue weighted by Gasteiger charge is -2.09. The fourth-order valence-electron chi connectivity index (χ4n) is 1.64. The Balaban J connectivity index is 2.40. The predicted octanol–water partition coefficient (Wildman–Crippen LogP) is 2.30. The lowest BCUT2D eigenvalue weighted by molar-refractivity contribution is -0.122. The molecule has 2 aromatic rings. The van der Waals surface area contributed by atoms with Crippen molar-refractivity contribution in [3.8, 4) is 0 Å². The maximum Gasteiger partial charge on any atom is 0.264 e. The molecule has 2 rings (SSSR count). The van der Waals surface area contributed by atoms with Crippen molar-refractivity contribution in [3.63, 3.8) is 0 Å². The van der Waals surface area contributed by atoms with Crippen LogP contribution in [-0.4, -0.2) is 14.3 Å². The molecule has 0 saturated carbocycles. The van der Waals surface area contributed by atoms with Crippen LogP contribution in [0.25, 0.3) is 10.8 Å². The van der Waals surface area contributed by atoms with E-state index >= 15 is 0 Å². The summed E-state index contributed by atoms with van der Waals surface area (Å²) in [5.41, 5.74) is 0. The maximum atomic E-state index is 12.1. The van der Waals surface area contributed by atoms with Crippen molar-refractivity contribution >= 4 is 26.7 Å². The van der Waals surface area contributed by atoms with Crippen LogP contribution in [0.3, 0.4) is 0 Å². The van der Waals surface area contributed by atoms with Crippen LogP contribution in [0.4, 0.5) is 0 Å². The van der Waals surface area contributed by atoms with Crippen molar-refractivity contribution in [3.05, 3.63) is 42.5 Å². The molecule has 0 aliphatic carbocycles. The number of fused-ring (bicyclic) bond motifs is 1. The van der Waals surface area contributed by atoms with Gasteiger partial charge in [0.2, 0.25) is 5.91 Å². The van der Waals surface area contributed by atoms with Gasteiger partial charge in [-0.3, -0.25) is 4.79 Å². The topological polar surface area (TPSA) is 63.2 Å². The number of amides is 1. The van der Waals surface area contributed by atoms with Gasteiger partial charge in [0, 0.05) is 5.92 Å². The molecule has 2 aromatic carbocycles. The first kappa shape index (κ1) is 13.5. The van der Waals surface area contributed by atoms with Crippen molar-refractivity contribution in [2.45, 2.75) is 18.7 Å². The average Bonchev–Trinajstić information content (AvgIpc) is 2.37. The van der Waals surface area contributed by atoms with Gasteiger partial charge in [0.25, 0.3) is 10.0 Å².